The predicted molar refractivity (Wildman–Crippen MR) is 80.6 cm³/mol. The van der Waals surface area contributed by atoms with Crippen molar-refractivity contribution in [1.82, 2.24) is 10.6 Å². The first-order valence-electron chi connectivity index (χ1n) is 7.23. The minimum absolute atomic E-state index is 0.0829. The van der Waals surface area contributed by atoms with Gasteiger partial charge in [0.05, 0.1) is 0 Å². The van der Waals surface area contributed by atoms with Gasteiger partial charge in [0, 0.05) is 29.2 Å². The quantitative estimate of drug-likeness (QED) is 0.816. The van der Waals surface area contributed by atoms with E-state index in [0.29, 0.717) is 5.75 Å². The van der Waals surface area contributed by atoms with Crippen molar-refractivity contribution >= 4 is 23.7 Å². The molecule has 3 amide bonds. The molecule has 0 radical (unpaired) electrons. The summed E-state index contributed by atoms with van der Waals surface area (Å²) in [6.07, 6.45) is 4.17. The number of thioether (sulfide) groups is 1. The van der Waals surface area contributed by atoms with Gasteiger partial charge in [0.25, 0.3) is 0 Å². The lowest BCUT2D eigenvalue weighted by Gasteiger charge is -2.12. The molecule has 7 heteroatoms. The Bertz CT molecular complexity index is 548. The van der Waals surface area contributed by atoms with Crippen LogP contribution in [0.5, 0.6) is 0 Å². The van der Waals surface area contributed by atoms with Crippen molar-refractivity contribution in [3.05, 3.63) is 29.8 Å². The van der Waals surface area contributed by atoms with Crippen molar-refractivity contribution < 1.29 is 18.4 Å². The van der Waals surface area contributed by atoms with E-state index in [1.165, 1.54) is 12.1 Å². The Morgan fingerprint density at radius 3 is 2.64 bits per heavy atom. The standard InChI is InChI=1S/C15H18F2N2O2S/c16-10-5-6-13(12(17)9-10)22-8-7-14(20)19-15(21)18-11-3-1-2-4-11/h5-6,9,11H,1-4,7-8H2,(H2,18,19,20,21). The predicted octanol–water partition coefficient (Wildman–Crippen LogP) is 3.22. The number of carbonyl (C=O) groups is 2. The molecule has 120 valence electrons. The van der Waals surface area contributed by atoms with Crippen LogP contribution in [0.4, 0.5) is 13.6 Å². The Labute approximate surface area is 132 Å². The average Bonchev–Trinajstić information content (AvgIpc) is 2.93. The van der Waals surface area contributed by atoms with Gasteiger partial charge in [-0.3, -0.25) is 10.1 Å². The summed E-state index contributed by atoms with van der Waals surface area (Å²) in [5.41, 5.74) is 0. The second-order valence-corrected chi connectivity index (χ2v) is 6.31. The van der Waals surface area contributed by atoms with Crippen LogP contribution in [0, 0.1) is 11.6 Å². The summed E-state index contributed by atoms with van der Waals surface area (Å²) in [5.74, 6) is -1.39. The Morgan fingerprint density at radius 1 is 1.23 bits per heavy atom. The van der Waals surface area contributed by atoms with Gasteiger partial charge in [0.15, 0.2) is 0 Å². The molecule has 2 N–H and O–H groups in total. The Hall–Kier alpha value is -1.63. The molecule has 0 atom stereocenters. The third-order valence-corrected chi connectivity index (χ3v) is 4.47. The Kier molecular flexibility index (Phi) is 6.18. The number of nitrogens with one attached hydrogen (secondary N) is 2. The molecule has 22 heavy (non-hydrogen) atoms. The van der Waals surface area contributed by atoms with E-state index in [0.717, 1.165) is 43.5 Å². The number of hydrogen-bond acceptors (Lipinski definition) is 3. The maximum Gasteiger partial charge on any atom is 0.321 e. The fraction of sp³-hybridized carbons (Fsp3) is 0.467. The number of imide groups is 1. The molecule has 1 fully saturated rings. The van der Waals surface area contributed by atoms with Crippen LogP contribution in [0.2, 0.25) is 0 Å². The number of hydrogen-bond donors (Lipinski definition) is 2. The highest BCUT2D eigenvalue weighted by molar-refractivity contribution is 7.99. The SMILES string of the molecule is O=C(CCSc1ccc(F)cc1F)NC(=O)NC1CCCC1. The molecule has 0 saturated heterocycles. The van der Waals surface area contributed by atoms with Crippen LogP contribution >= 0.6 is 11.8 Å². The second-order valence-electron chi connectivity index (χ2n) is 5.18. The molecule has 4 nitrogen and oxygen atoms in total. The number of rotatable bonds is 5. The van der Waals surface area contributed by atoms with Gasteiger partial charge in [-0.2, -0.15) is 0 Å². The van der Waals surface area contributed by atoms with Crippen molar-refractivity contribution in [3.8, 4) is 0 Å². The van der Waals surface area contributed by atoms with E-state index >= 15 is 0 Å². The number of benzene rings is 1. The lowest BCUT2D eigenvalue weighted by atomic mass is 10.2. The van der Waals surface area contributed by atoms with Crippen LogP contribution < -0.4 is 10.6 Å². The monoisotopic (exact) mass is 328 g/mol. The highest BCUT2D eigenvalue weighted by atomic mass is 32.2. The van der Waals surface area contributed by atoms with Crippen molar-refractivity contribution in [2.75, 3.05) is 5.75 Å². The van der Waals surface area contributed by atoms with Gasteiger partial charge in [-0.1, -0.05) is 12.8 Å². The highest BCUT2D eigenvalue weighted by Crippen LogP contribution is 2.22. The van der Waals surface area contributed by atoms with E-state index in [1.54, 1.807) is 0 Å². The van der Waals surface area contributed by atoms with E-state index < -0.39 is 23.6 Å². The van der Waals surface area contributed by atoms with Crippen LogP contribution in [0.25, 0.3) is 0 Å². The summed E-state index contributed by atoms with van der Waals surface area (Å²) in [6, 6.07) is 2.98. The highest BCUT2D eigenvalue weighted by Gasteiger charge is 2.18. The summed E-state index contributed by atoms with van der Waals surface area (Å²) in [4.78, 5) is 23.5. The molecule has 0 aliphatic heterocycles. The van der Waals surface area contributed by atoms with Gasteiger partial charge in [0.2, 0.25) is 5.91 Å². The van der Waals surface area contributed by atoms with Crippen LogP contribution in [0.3, 0.4) is 0 Å². The van der Waals surface area contributed by atoms with Crippen molar-refractivity contribution in [2.24, 2.45) is 0 Å². The van der Waals surface area contributed by atoms with E-state index in [4.69, 9.17) is 0 Å². The molecular weight excluding hydrogens is 310 g/mol. The van der Waals surface area contributed by atoms with Gasteiger partial charge in [-0.15, -0.1) is 11.8 Å². The summed E-state index contributed by atoms with van der Waals surface area (Å²) in [7, 11) is 0. The first-order chi connectivity index (χ1) is 10.5. The van der Waals surface area contributed by atoms with Crippen LogP contribution in [-0.2, 0) is 4.79 Å². The number of halogens is 2. The third-order valence-electron chi connectivity index (χ3n) is 3.42. The van der Waals surface area contributed by atoms with Crippen LogP contribution in [0.1, 0.15) is 32.1 Å². The number of urea groups is 1. The van der Waals surface area contributed by atoms with Gasteiger partial charge < -0.3 is 5.32 Å². The van der Waals surface area contributed by atoms with Gasteiger partial charge in [-0.05, 0) is 25.0 Å². The number of amides is 3. The maximum absolute atomic E-state index is 13.4. The van der Waals surface area contributed by atoms with Crippen molar-refractivity contribution in [2.45, 2.75) is 43.0 Å². The third kappa shape index (κ3) is 5.29. The van der Waals surface area contributed by atoms with Crippen molar-refractivity contribution in [3.63, 3.8) is 0 Å². The van der Waals surface area contributed by atoms with Gasteiger partial charge >= 0.3 is 6.03 Å². The Morgan fingerprint density at radius 2 is 1.95 bits per heavy atom. The molecule has 2 rings (SSSR count). The molecular formula is C15H18F2N2O2S. The van der Waals surface area contributed by atoms with E-state index in [-0.39, 0.29) is 17.4 Å². The molecule has 1 aliphatic carbocycles. The van der Waals surface area contributed by atoms with Gasteiger partial charge in [0.1, 0.15) is 11.6 Å². The molecule has 0 aromatic heterocycles. The largest absolute Gasteiger partial charge is 0.335 e. The number of carbonyl (C=O) groups excluding carboxylic acids is 2. The minimum atomic E-state index is -0.649. The molecule has 0 bridgehead atoms. The fourth-order valence-corrected chi connectivity index (χ4v) is 3.20. The van der Waals surface area contributed by atoms with E-state index in [9.17, 15) is 18.4 Å². The normalized spacial score (nSPS) is 14.8. The molecule has 0 spiro atoms. The van der Waals surface area contributed by atoms with Gasteiger partial charge in [-0.25, -0.2) is 13.6 Å². The smallest absolute Gasteiger partial charge is 0.321 e. The first kappa shape index (κ1) is 16.7. The molecule has 1 aromatic carbocycles. The summed E-state index contributed by atoms with van der Waals surface area (Å²) in [5, 5.41) is 5.01. The van der Waals surface area contributed by atoms with E-state index in [2.05, 4.69) is 10.6 Å². The first-order valence-corrected chi connectivity index (χ1v) is 8.21. The second kappa shape index (κ2) is 8.12. The lowest BCUT2D eigenvalue weighted by molar-refractivity contribution is -0.119. The molecule has 0 unspecified atom stereocenters. The van der Waals surface area contributed by atoms with Crippen LogP contribution in [-0.4, -0.2) is 23.7 Å². The average molecular weight is 328 g/mol. The topological polar surface area (TPSA) is 58.2 Å². The molecule has 1 aromatic rings. The van der Waals surface area contributed by atoms with Crippen molar-refractivity contribution in [1.29, 1.82) is 0 Å². The van der Waals surface area contributed by atoms with Crippen LogP contribution in [0.15, 0.2) is 23.1 Å². The van der Waals surface area contributed by atoms with E-state index in [1.807, 2.05) is 0 Å². The fourth-order valence-electron chi connectivity index (χ4n) is 2.33. The zero-order chi connectivity index (χ0) is 15.9. The summed E-state index contributed by atoms with van der Waals surface area (Å²) >= 11 is 1.11. The molecule has 1 saturated carbocycles. The zero-order valence-electron chi connectivity index (χ0n) is 12.0. The minimum Gasteiger partial charge on any atom is -0.335 e. The summed E-state index contributed by atoms with van der Waals surface area (Å²) < 4.78 is 26.1. The Balaban J connectivity index is 1.67. The zero-order valence-corrected chi connectivity index (χ0v) is 12.8. The molecule has 0 heterocycles. The maximum atomic E-state index is 13.4. The summed E-state index contributed by atoms with van der Waals surface area (Å²) in [6.45, 7) is 0. The molecule has 1 aliphatic rings. The lowest BCUT2D eigenvalue weighted by Crippen LogP contribution is -2.43.